The van der Waals surface area contributed by atoms with Gasteiger partial charge < -0.3 is 0 Å². The highest BCUT2D eigenvalue weighted by atomic mass is 14.0. The lowest BCUT2D eigenvalue weighted by Gasteiger charge is -2.02. The van der Waals surface area contributed by atoms with Crippen LogP contribution in [0.15, 0.2) is 37.0 Å². The first-order valence-corrected chi connectivity index (χ1v) is 11.2. The summed E-state index contributed by atoms with van der Waals surface area (Å²) in [4.78, 5) is 0. The molecule has 0 heterocycles. The molecule has 0 aromatic rings. The van der Waals surface area contributed by atoms with Gasteiger partial charge in [0.25, 0.3) is 0 Å². The average Bonchev–Trinajstić information content (AvgIpc) is 2.54. The molecule has 0 aliphatic rings. The molecule has 0 aliphatic carbocycles. The molecule has 0 N–H and O–H groups in total. The van der Waals surface area contributed by atoms with Crippen molar-refractivity contribution in [3.05, 3.63) is 37.0 Å². The molecule has 26 heavy (non-hydrogen) atoms. The summed E-state index contributed by atoms with van der Waals surface area (Å²) in [5.74, 6) is 0. The van der Waals surface area contributed by atoms with Gasteiger partial charge in [-0.05, 0) is 40.5 Å². The Balaban J connectivity index is -0.000000551. The molecule has 0 aromatic heterocycles. The Bertz CT molecular complexity index is 264. The van der Waals surface area contributed by atoms with E-state index >= 15 is 0 Å². The van der Waals surface area contributed by atoms with Crippen molar-refractivity contribution < 1.29 is 0 Å². The number of rotatable bonds is 15. The van der Waals surface area contributed by atoms with Crippen LogP contribution in [-0.4, -0.2) is 0 Å². The fraction of sp³-hybridized carbons (Fsp3) is 0.769. The molecule has 0 aliphatic heterocycles. The lowest BCUT2D eigenvalue weighted by molar-refractivity contribution is 0.536. The molecule has 0 aromatic carbocycles. The van der Waals surface area contributed by atoms with E-state index < -0.39 is 0 Å². The van der Waals surface area contributed by atoms with Gasteiger partial charge in [-0.1, -0.05) is 108 Å². The fourth-order valence-electron chi connectivity index (χ4n) is 2.48. The number of unbranched alkanes of at least 4 members (excludes halogenated alkanes) is 14. The van der Waals surface area contributed by atoms with E-state index in [0.717, 1.165) is 0 Å². The molecule has 0 amide bonds. The van der Waals surface area contributed by atoms with Gasteiger partial charge >= 0.3 is 0 Å². The van der Waals surface area contributed by atoms with E-state index in [1.807, 2.05) is 33.8 Å². The number of allylic oxidation sites excluding steroid dienone is 3. The van der Waals surface area contributed by atoms with Gasteiger partial charge in [0.2, 0.25) is 0 Å². The third kappa shape index (κ3) is 56.7. The van der Waals surface area contributed by atoms with Crippen LogP contribution in [-0.2, 0) is 0 Å². The molecule has 0 rings (SSSR count). The molecule has 0 bridgehead atoms. The minimum Gasteiger partial charge on any atom is -0.103 e. The largest absolute Gasteiger partial charge is 0.103 e. The van der Waals surface area contributed by atoms with E-state index in [1.54, 1.807) is 0 Å². The Morgan fingerprint density at radius 1 is 0.538 bits per heavy atom. The van der Waals surface area contributed by atoms with Gasteiger partial charge in [0.15, 0.2) is 0 Å². The van der Waals surface area contributed by atoms with E-state index in [9.17, 15) is 0 Å². The summed E-state index contributed by atoms with van der Waals surface area (Å²) in [6, 6.07) is 0. The Morgan fingerprint density at radius 2 is 0.769 bits per heavy atom. The van der Waals surface area contributed by atoms with E-state index in [0.29, 0.717) is 0 Å². The maximum Gasteiger partial charge on any atom is -0.0353 e. The van der Waals surface area contributed by atoms with Crippen molar-refractivity contribution in [1.82, 2.24) is 0 Å². The highest BCUT2D eigenvalue weighted by Crippen LogP contribution is 2.13. The summed E-state index contributed by atoms with van der Waals surface area (Å²) in [6.45, 7) is 21.0. The van der Waals surface area contributed by atoms with Crippen LogP contribution in [0.4, 0.5) is 0 Å². The quantitative estimate of drug-likeness (QED) is 0.200. The van der Waals surface area contributed by atoms with Crippen LogP contribution in [0.3, 0.4) is 0 Å². The van der Waals surface area contributed by atoms with Crippen LogP contribution in [0.1, 0.15) is 131 Å². The highest BCUT2D eigenvalue weighted by Gasteiger charge is 1.93. The molecule has 0 fully saturated rings. The van der Waals surface area contributed by atoms with Gasteiger partial charge in [-0.2, -0.15) is 0 Å². The second-order valence-corrected chi connectivity index (χ2v) is 8.09. The third-order valence-electron chi connectivity index (χ3n) is 3.76. The van der Waals surface area contributed by atoms with Crippen molar-refractivity contribution in [3.63, 3.8) is 0 Å². The molecule has 0 spiro atoms. The maximum atomic E-state index is 3.76. The van der Waals surface area contributed by atoms with Gasteiger partial charge in [0.1, 0.15) is 0 Å². The van der Waals surface area contributed by atoms with Crippen molar-refractivity contribution in [2.24, 2.45) is 0 Å². The molecule has 0 unspecified atom stereocenters. The predicted octanol–water partition coefficient (Wildman–Crippen LogP) is 10.2. The number of hydrogen-bond donors (Lipinski definition) is 0. The summed E-state index contributed by atoms with van der Waals surface area (Å²) in [5, 5.41) is 0. The summed E-state index contributed by atoms with van der Waals surface area (Å²) >= 11 is 0. The first-order valence-electron chi connectivity index (χ1n) is 11.2. The first-order chi connectivity index (χ1) is 12.4. The predicted molar refractivity (Wildman–Crippen MR) is 126 cm³/mol. The normalized spacial score (nSPS) is 9.42. The van der Waals surface area contributed by atoms with E-state index in [2.05, 4.69) is 26.7 Å². The summed E-state index contributed by atoms with van der Waals surface area (Å²) in [5.41, 5.74) is 2.33. The zero-order valence-corrected chi connectivity index (χ0v) is 19.3. The monoisotopic (exact) mass is 364 g/mol. The van der Waals surface area contributed by atoms with Crippen LogP contribution < -0.4 is 0 Å². The highest BCUT2D eigenvalue weighted by molar-refractivity contribution is 4.79. The summed E-state index contributed by atoms with van der Waals surface area (Å²) in [6.07, 6.45) is 23.5. The van der Waals surface area contributed by atoms with Crippen molar-refractivity contribution in [2.75, 3.05) is 0 Å². The first kappa shape index (κ1) is 30.0. The third-order valence-corrected chi connectivity index (χ3v) is 3.76. The van der Waals surface area contributed by atoms with E-state index in [1.165, 1.54) is 107 Å². The van der Waals surface area contributed by atoms with Crippen LogP contribution in [0.25, 0.3) is 0 Å². The Kier molecular flexibility index (Phi) is 33.4. The van der Waals surface area contributed by atoms with Gasteiger partial charge in [-0.15, -0.1) is 19.7 Å². The van der Waals surface area contributed by atoms with Crippen molar-refractivity contribution in [2.45, 2.75) is 131 Å². The molecule has 156 valence electrons. The lowest BCUT2D eigenvalue weighted by Crippen LogP contribution is -1.83. The van der Waals surface area contributed by atoms with Crippen LogP contribution in [0.2, 0.25) is 0 Å². The van der Waals surface area contributed by atoms with Gasteiger partial charge in [0.05, 0.1) is 0 Å². The smallest absolute Gasteiger partial charge is 0.0353 e. The standard InChI is InChI=1S/C18H36.2C4H8/c1-3-5-7-9-11-13-15-17-18-16-14-12-10-8-6-4-2;2*1-4(2)3/h3H,1,4-18H2,2H3;2*1H2,2-3H3. The van der Waals surface area contributed by atoms with Gasteiger partial charge in [0, 0.05) is 0 Å². The van der Waals surface area contributed by atoms with Crippen LogP contribution in [0, 0.1) is 0 Å². The van der Waals surface area contributed by atoms with Crippen LogP contribution in [0.5, 0.6) is 0 Å². The second-order valence-electron chi connectivity index (χ2n) is 8.09. The summed E-state index contributed by atoms with van der Waals surface area (Å²) < 4.78 is 0. The molecule has 0 nitrogen and oxygen atoms in total. The Labute approximate surface area is 168 Å². The zero-order valence-electron chi connectivity index (χ0n) is 19.3. The molecule has 0 saturated heterocycles. The number of hydrogen-bond acceptors (Lipinski definition) is 0. The fourth-order valence-corrected chi connectivity index (χ4v) is 2.48. The SMILES string of the molecule is C=C(C)C.C=C(C)C.C=CCCCCCCCCCCCCCCCC. The minimum atomic E-state index is 1.17. The molecule has 0 saturated carbocycles. The average molecular weight is 365 g/mol. The van der Waals surface area contributed by atoms with E-state index in [-0.39, 0.29) is 0 Å². The molecule has 0 radical (unpaired) electrons. The maximum absolute atomic E-state index is 3.76. The zero-order chi connectivity index (χ0) is 20.5. The molecular weight excluding hydrogens is 312 g/mol. The Hall–Kier alpha value is -0.780. The Morgan fingerprint density at radius 3 is 1.00 bits per heavy atom. The van der Waals surface area contributed by atoms with Crippen molar-refractivity contribution in [1.29, 1.82) is 0 Å². The molecular formula is C26H52. The molecule has 0 heteroatoms. The molecule has 0 atom stereocenters. The van der Waals surface area contributed by atoms with Crippen molar-refractivity contribution >= 4 is 0 Å². The van der Waals surface area contributed by atoms with Gasteiger partial charge in [-0.3, -0.25) is 0 Å². The topological polar surface area (TPSA) is 0 Å². The van der Waals surface area contributed by atoms with E-state index in [4.69, 9.17) is 0 Å². The van der Waals surface area contributed by atoms with Gasteiger partial charge in [-0.25, -0.2) is 0 Å². The summed E-state index contributed by atoms with van der Waals surface area (Å²) in [7, 11) is 0. The second kappa shape index (κ2) is 29.0. The lowest BCUT2D eigenvalue weighted by atomic mass is 10.0. The van der Waals surface area contributed by atoms with Crippen LogP contribution >= 0.6 is 0 Å². The van der Waals surface area contributed by atoms with Crippen molar-refractivity contribution in [3.8, 4) is 0 Å². The minimum absolute atomic E-state index is 1.17.